The molecule has 0 radical (unpaired) electrons. The number of allylic oxidation sites excluding steroid dienone is 4. The summed E-state index contributed by atoms with van der Waals surface area (Å²) in [5, 5.41) is 5.49. The van der Waals surface area contributed by atoms with Crippen molar-refractivity contribution in [3.63, 3.8) is 0 Å². The van der Waals surface area contributed by atoms with Crippen LogP contribution in [0.2, 0.25) is 0 Å². The first-order valence-corrected chi connectivity index (χ1v) is 12.6. The van der Waals surface area contributed by atoms with Crippen LogP contribution in [0.5, 0.6) is 0 Å². The van der Waals surface area contributed by atoms with Crippen molar-refractivity contribution >= 4 is 30.3 Å². The van der Waals surface area contributed by atoms with E-state index in [4.69, 9.17) is 0 Å². The summed E-state index contributed by atoms with van der Waals surface area (Å²) in [6.07, 6.45) is 7.68. The molecule has 0 amide bonds. The van der Waals surface area contributed by atoms with Gasteiger partial charge in [-0.25, -0.2) is 0 Å². The minimum absolute atomic E-state index is 0. The fraction of sp³-hybridized carbons (Fsp3) is 0.0625. The summed E-state index contributed by atoms with van der Waals surface area (Å²) in [6.45, 7) is 2.19. The van der Waals surface area contributed by atoms with Gasteiger partial charge in [-0.05, 0) is 13.3 Å². The number of rotatable bonds is 3. The SMILES string of the molecule is Cc1cc(C2=CC=CC2)c2[cH-]c3ccccc3c2c1.[Cl-].[Cl-].[Zr+2]=[C](c1ccccc1)c1ccccc1. The Morgan fingerprint density at radius 1 is 0.743 bits per heavy atom. The topological polar surface area (TPSA) is 0 Å². The fourth-order valence-corrected chi connectivity index (χ4v) is 5.31. The molecule has 0 saturated carbocycles. The van der Waals surface area contributed by atoms with E-state index in [0.29, 0.717) is 0 Å². The summed E-state index contributed by atoms with van der Waals surface area (Å²) in [5.41, 5.74) is 6.83. The molecule has 0 heterocycles. The van der Waals surface area contributed by atoms with E-state index in [1.165, 1.54) is 76.8 Å². The van der Waals surface area contributed by atoms with Crippen molar-refractivity contribution in [2.75, 3.05) is 0 Å². The van der Waals surface area contributed by atoms with Crippen molar-refractivity contribution in [2.45, 2.75) is 13.3 Å². The van der Waals surface area contributed by atoms with Crippen LogP contribution in [0.3, 0.4) is 0 Å². The van der Waals surface area contributed by atoms with E-state index in [1.807, 2.05) is 0 Å². The number of hydrogen-bond acceptors (Lipinski definition) is 0. The zero-order chi connectivity index (χ0) is 22.6. The van der Waals surface area contributed by atoms with Crippen LogP contribution >= 0.6 is 0 Å². The molecule has 35 heavy (non-hydrogen) atoms. The second kappa shape index (κ2) is 12.5. The van der Waals surface area contributed by atoms with Crippen LogP contribution in [-0.2, 0) is 24.2 Å². The summed E-state index contributed by atoms with van der Waals surface area (Å²) >= 11 is 1.46. The van der Waals surface area contributed by atoms with Crippen molar-refractivity contribution in [2.24, 2.45) is 0 Å². The van der Waals surface area contributed by atoms with Crippen molar-refractivity contribution in [1.29, 1.82) is 0 Å². The molecule has 6 rings (SSSR count). The molecule has 0 bridgehead atoms. The summed E-state index contributed by atoms with van der Waals surface area (Å²) in [4.78, 5) is 0. The molecule has 0 N–H and O–H groups in total. The Hall–Kier alpha value is -2.44. The first-order chi connectivity index (χ1) is 16.2. The van der Waals surface area contributed by atoms with Gasteiger partial charge in [0.1, 0.15) is 0 Å². The van der Waals surface area contributed by atoms with Gasteiger partial charge in [0, 0.05) is 0 Å². The van der Waals surface area contributed by atoms with Crippen molar-refractivity contribution in [3.05, 3.63) is 144 Å². The minimum atomic E-state index is 0. The van der Waals surface area contributed by atoms with Gasteiger partial charge >= 0.3 is 99.2 Å². The van der Waals surface area contributed by atoms with E-state index in [0.717, 1.165) is 6.42 Å². The van der Waals surface area contributed by atoms with Gasteiger partial charge in [-0.2, -0.15) is 0 Å². The van der Waals surface area contributed by atoms with E-state index in [-0.39, 0.29) is 24.8 Å². The average molecular weight is 572 g/mol. The Morgan fingerprint density at radius 3 is 1.94 bits per heavy atom. The van der Waals surface area contributed by atoms with Crippen LogP contribution in [0.15, 0.2) is 121 Å². The third-order valence-electron chi connectivity index (χ3n) is 6.12. The summed E-state index contributed by atoms with van der Waals surface area (Å²) < 4.78 is 1.42. The van der Waals surface area contributed by atoms with Gasteiger partial charge in [-0.1, -0.05) is 65.3 Å². The summed E-state index contributed by atoms with van der Waals surface area (Å²) in [5.74, 6) is 0. The zero-order valence-corrected chi connectivity index (χ0v) is 23.5. The Kier molecular flexibility index (Phi) is 9.70. The van der Waals surface area contributed by atoms with Crippen LogP contribution in [0.1, 0.15) is 28.7 Å². The first kappa shape index (κ1) is 27.2. The maximum absolute atomic E-state index is 2.33. The molecule has 1 aliphatic carbocycles. The van der Waals surface area contributed by atoms with Crippen molar-refractivity contribution in [1.82, 2.24) is 0 Å². The van der Waals surface area contributed by atoms with Crippen LogP contribution in [0.4, 0.5) is 0 Å². The second-order valence-corrected chi connectivity index (χ2v) is 9.67. The number of hydrogen-bond donors (Lipinski definition) is 0. The normalized spacial score (nSPS) is 11.8. The van der Waals surface area contributed by atoms with Crippen LogP contribution in [-0.4, -0.2) is 3.21 Å². The molecule has 0 spiro atoms. The zero-order valence-electron chi connectivity index (χ0n) is 19.5. The predicted octanol–water partition coefficient (Wildman–Crippen LogP) is 2.17. The van der Waals surface area contributed by atoms with E-state index in [9.17, 15) is 0 Å². The standard InChI is InChI=1S/C19H15.C13H10.2ClH.Zr/c1-13-10-17(14-6-2-3-7-14)19-12-15-8-4-5-9-16(15)18(19)11-13;1-3-7-12(8-4-1)11-13-9-5-2-6-10-13;;;/h2-6,8-12H,7H2,1H3;1-10H;2*1H;/q-1;;;;+2/p-2. The molecule has 5 aromatic rings. The molecule has 0 saturated heterocycles. The molecule has 172 valence electrons. The van der Waals surface area contributed by atoms with Gasteiger partial charge in [0.05, 0.1) is 0 Å². The van der Waals surface area contributed by atoms with Crippen LogP contribution < -0.4 is 24.8 Å². The Labute approximate surface area is 234 Å². The van der Waals surface area contributed by atoms with E-state index in [1.54, 1.807) is 0 Å². The van der Waals surface area contributed by atoms with Crippen LogP contribution in [0, 0.1) is 6.92 Å². The number of benzene rings is 4. The molecule has 0 unspecified atom stereocenters. The Balaban J connectivity index is 0.000000193. The second-order valence-electron chi connectivity index (χ2n) is 8.44. The van der Waals surface area contributed by atoms with E-state index < -0.39 is 0 Å². The molecule has 5 aromatic carbocycles. The Morgan fingerprint density at radius 2 is 1.34 bits per heavy atom. The number of aryl methyl sites for hydroxylation is 1. The van der Waals surface area contributed by atoms with Gasteiger partial charge in [0.15, 0.2) is 0 Å². The molecule has 3 heteroatoms. The van der Waals surface area contributed by atoms with Crippen LogP contribution in [0.25, 0.3) is 27.1 Å². The van der Waals surface area contributed by atoms with E-state index in [2.05, 4.69) is 128 Å². The van der Waals surface area contributed by atoms with Gasteiger partial charge in [0.2, 0.25) is 0 Å². The molecule has 0 atom stereocenters. The monoisotopic (exact) mass is 569 g/mol. The van der Waals surface area contributed by atoms with E-state index >= 15 is 0 Å². The average Bonchev–Trinajstić information content (AvgIpc) is 3.53. The Bertz CT molecular complexity index is 1450. The third kappa shape index (κ3) is 6.04. The van der Waals surface area contributed by atoms with Gasteiger partial charge in [-0.3, -0.25) is 0 Å². The maximum atomic E-state index is 2.33. The van der Waals surface area contributed by atoms with Crippen molar-refractivity contribution in [3.8, 4) is 0 Å². The predicted molar refractivity (Wildman–Crippen MR) is 140 cm³/mol. The van der Waals surface area contributed by atoms with Crippen molar-refractivity contribution < 1.29 is 49.0 Å². The van der Waals surface area contributed by atoms with Gasteiger partial charge in [-0.15, -0.1) is 33.7 Å². The molecule has 0 aliphatic heterocycles. The number of halogens is 2. The molecular weight excluding hydrogens is 546 g/mol. The third-order valence-corrected chi connectivity index (χ3v) is 7.54. The molecule has 1 aliphatic rings. The summed E-state index contributed by atoms with van der Waals surface area (Å²) in [6, 6.07) is 36.7. The quantitative estimate of drug-likeness (QED) is 0.292. The molecular formula is C32H25Cl2Zr-. The molecule has 0 fully saturated rings. The molecule has 0 aromatic heterocycles. The first-order valence-electron chi connectivity index (χ1n) is 11.3. The number of fused-ring (bicyclic) bond motifs is 3. The fourth-order valence-electron chi connectivity index (χ4n) is 4.49. The van der Waals surface area contributed by atoms with Gasteiger partial charge < -0.3 is 24.8 Å². The van der Waals surface area contributed by atoms with Gasteiger partial charge in [0.25, 0.3) is 0 Å². The molecule has 0 nitrogen and oxygen atoms in total. The summed E-state index contributed by atoms with van der Waals surface area (Å²) in [7, 11) is 0.